The van der Waals surface area contributed by atoms with Gasteiger partial charge in [0.1, 0.15) is 0 Å². The number of esters is 4. The third kappa shape index (κ3) is 7.33. The lowest BCUT2D eigenvalue weighted by atomic mass is 9.84. The first-order chi connectivity index (χ1) is 24.2. The maximum atomic E-state index is 13.7. The third-order valence-corrected chi connectivity index (χ3v) is 10.1. The van der Waals surface area contributed by atoms with Gasteiger partial charge in [-0.25, -0.2) is 19.2 Å². The molecule has 0 radical (unpaired) electrons. The Morgan fingerprint density at radius 1 is 0.440 bits per heavy atom. The molecular weight excluding hydrogens is 768 g/mol. The Balaban J connectivity index is 1.91. The van der Waals surface area contributed by atoms with Crippen molar-refractivity contribution >= 4 is 98.8 Å². The molecule has 0 bridgehead atoms. The van der Waals surface area contributed by atoms with Crippen LogP contribution in [-0.4, -0.2) is 50.3 Å². The summed E-state index contributed by atoms with van der Waals surface area (Å²) >= 11 is 7.51. The van der Waals surface area contributed by atoms with Crippen molar-refractivity contribution in [3.8, 4) is 0 Å². The Hall–Kier alpha value is -3.76. The largest absolute Gasteiger partial charge is 0.462 e. The summed E-state index contributed by atoms with van der Waals surface area (Å²) in [6, 6.07) is 10.4. The number of benzene rings is 5. The van der Waals surface area contributed by atoms with Crippen LogP contribution >= 0.6 is 31.9 Å². The average molecular weight is 811 g/mol. The van der Waals surface area contributed by atoms with Gasteiger partial charge in [-0.3, -0.25) is 0 Å². The van der Waals surface area contributed by atoms with E-state index in [1.807, 2.05) is 39.8 Å². The summed E-state index contributed by atoms with van der Waals surface area (Å²) in [6.07, 6.45) is 6.24. The summed E-state index contributed by atoms with van der Waals surface area (Å²) in [5, 5.41) is 4.95. The monoisotopic (exact) mass is 808 g/mol. The van der Waals surface area contributed by atoms with Gasteiger partial charge < -0.3 is 18.9 Å². The van der Waals surface area contributed by atoms with E-state index >= 15 is 0 Å². The van der Waals surface area contributed by atoms with E-state index in [0.29, 0.717) is 77.7 Å². The number of halogens is 2. The Morgan fingerprint density at radius 3 is 1.04 bits per heavy atom. The molecule has 0 aliphatic carbocycles. The van der Waals surface area contributed by atoms with Crippen LogP contribution in [0, 0.1) is 0 Å². The van der Waals surface area contributed by atoms with Crippen LogP contribution in [0.2, 0.25) is 0 Å². The number of hydrogen-bond donors (Lipinski definition) is 0. The minimum Gasteiger partial charge on any atom is -0.462 e. The van der Waals surface area contributed by atoms with E-state index in [4.69, 9.17) is 18.9 Å². The molecule has 0 spiro atoms. The number of carbonyl (C=O) groups is 4. The fourth-order valence-electron chi connectivity index (χ4n) is 6.22. The third-order valence-electron chi connectivity index (χ3n) is 8.81. The Bertz CT molecular complexity index is 1920. The first kappa shape index (κ1) is 37.5. The van der Waals surface area contributed by atoms with Gasteiger partial charge in [0.25, 0.3) is 0 Å². The second kappa shape index (κ2) is 17.0. The van der Waals surface area contributed by atoms with Gasteiger partial charge in [-0.15, -0.1) is 0 Å². The van der Waals surface area contributed by atoms with Crippen LogP contribution in [0.3, 0.4) is 0 Å². The van der Waals surface area contributed by atoms with E-state index in [0.717, 1.165) is 25.7 Å². The van der Waals surface area contributed by atoms with Gasteiger partial charge in [-0.1, -0.05) is 97.4 Å². The summed E-state index contributed by atoms with van der Waals surface area (Å²) in [4.78, 5) is 54.7. The summed E-state index contributed by atoms with van der Waals surface area (Å²) < 4.78 is 23.9. The van der Waals surface area contributed by atoms with E-state index in [1.54, 1.807) is 24.3 Å². The summed E-state index contributed by atoms with van der Waals surface area (Å²) in [5.41, 5.74) is 0.969. The van der Waals surface area contributed by atoms with E-state index in [-0.39, 0.29) is 48.7 Å². The highest BCUT2D eigenvalue weighted by Crippen LogP contribution is 2.49. The molecule has 0 heterocycles. The van der Waals surface area contributed by atoms with Crippen molar-refractivity contribution in [2.45, 2.75) is 79.1 Å². The van der Waals surface area contributed by atoms with E-state index < -0.39 is 23.9 Å². The molecule has 10 heteroatoms. The molecule has 0 unspecified atom stereocenters. The molecule has 5 aromatic rings. The summed E-state index contributed by atoms with van der Waals surface area (Å²) in [6.45, 7) is 9.05. The van der Waals surface area contributed by atoms with E-state index in [1.165, 1.54) is 0 Å². The number of ether oxygens (including phenoxy) is 4. The van der Waals surface area contributed by atoms with Gasteiger partial charge in [0, 0.05) is 41.3 Å². The molecule has 50 heavy (non-hydrogen) atoms. The molecule has 0 saturated heterocycles. The lowest BCUT2D eigenvalue weighted by Crippen LogP contribution is -2.13. The van der Waals surface area contributed by atoms with Crippen LogP contribution < -0.4 is 0 Å². The second-order valence-corrected chi connectivity index (χ2v) is 14.0. The SMILES string of the molecule is CCCCOC(=O)c1ccc2c3c(Br)cc(C(=O)OCCCC)c4c(C(=O)OCCCC)ccc(c5c(Br)cc(C(=O)OCCCC)c1c25)c43. The van der Waals surface area contributed by atoms with Gasteiger partial charge >= 0.3 is 23.9 Å². The van der Waals surface area contributed by atoms with Gasteiger partial charge in [-0.2, -0.15) is 0 Å². The van der Waals surface area contributed by atoms with E-state index in [9.17, 15) is 19.2 Å². The van der Waals surface area contributed by atoms with Crippen LogP contribution in [0.1, 0.15) is 120 Å². The van der Waals surface area contributed by atoms with Gasteiger partial charge in [0.05, 0.1) is 48.7 Å². The van der Waals surface area contributed by atoms with Gasteiger partial charge in [0.2, 0.25) is 0 Å². The van der Waals surface area contributed by atoms with Crippen molar-refractivity contribution in [3.63, 3.8) is 0 Å². The standard InChI is InChI=1S/C40H42Br2O8/c1-5-9-17-47-37(43)25-15-13-23-34-30(42)22-28(40(46)50-20-12-8-4)32-26(38(44)48-18-10-6-2)16-14-24(36(32)34)33-29(41)21-27(31(25)35(23)33)39(45)49-19-11-7-3/h13-16,21-22H,5-12,17-20H2,1-4H3. The minimum atomic E-state index is -0.546. The van der Waals surface area contributed by atoms with E-state index in [2.05, 4.69) is 31.9 Å². The molecule has 8 nitrogen and oxygen atoms in total. The predicted molar refractivity (Wildman–Crippen MR) is 204 cm³/mol. The molecule has 5 rings (SSSR count). The zero-order valence-electron chi connectivity index (χ0n) is 29.0. The zero-order chi connectivity index (χ0) is 35.9. The second-order valence-electron chi connectivity index (χ2n) is 12.3. The number of unbranched alkanes of at least 4 members (excludes halogenated alkanes) is 4. The molecule has 5 aromatic carbocycles. The lowest BCUT2D eigenvalue weighted by molar-refractivity contribution is 0.0485. The fourth-order valence-corrected chi connectivity index (χ4v) is 7.50. The molecule has 0 amide bonds. The van der Waals surface area contributed by atoms with Crippen LogP contribution in [-0.2, 0) is 18.9 Å². The first-order valence-electron chi connectivity index (χ1n) is 17.5. The quantitative estimate of drug-likeness (QED) is 0.0319. The molecule has 0 N–H and O–H groups in total. The highest BCUT2D eigenvalue weighted by molar-refractivity contribution is 9.11. The number of carbonyl (C=O) groups excluding carboxylic acids is 4. The highest BCUT2D eigenvalue weighted by atomic mass is 79.9. The average Bonchev–Trinajstić information content (AvgIpc) is 3.10. The Labute approximate surface area is 308 Å². The van der Waals surface area contributed by atoms with Crippen LogP contribution in [0.15, 0.2) is 45.3 Å². The van der Waals surface area contributed by atoms with Crippen molar-refractivity contribution in [2.75, 3.05) is 26.4 Å². The first-order valence-corrected chi connectivity index (χ1v) is 19.1. The van der Waals surface area contributed by atoms with Crippen molar-refractivity contribution < 1.29 is 38.1 Å². The van der Waals surface area contributed by atoms with Gasteiger partial charge in [0.15, 0.2) is 0 Å². The molecule has 0 aromatic heterocycles. The summed E-state index contributed by atoms with van der Waals surface area (Å²) in [5.74, 6) is -2.16. The molecular formula is C40H42Br2O8. The highest BCUT2D eigenvalue weighted by Gasteiger charge is 2.29. The van der Waals surface area contributed by atoms with Crippen molar-refractivity contribution in [1.82, 2.24) is 0 Å². The zero-order valence-corrected chi connectivity index (χ0v) is 32.1. The molecule has 0 aliphatic heterocycles. The molecule has 264 valence electrons. The van der Waals surface area contributed by atoms with Crippen LogP contribution in [0.4, 0.5) is 0 Å². The number of hydrogen-bond acceptors (Lipinski definition) is 8. The smallest absolute Gasteiger partial charge is 0.338 e. The van der Waals surface area contributed by atoms with Crippen LogP contribution in [0.25, 0.3) is 43.1 Å². The Kier molecular flexibility index (Phi) is 12.7. The lowest BCUT2D eigenvalue weighted by Gasteiger charge is -2.22. The van der Waals surface area contributed by atoms with Gasteiger partial charge in [-0.05, 0) is 60.7 Å². The maximum Gasteiger partial charge on any atom is 0.338 e. The van der Waals surface area contributed by atoms with Crippen molar-refractivity contribution in [3.05, 3.63) is 67.6 Å². The molecule has 0 atom stereocenters. The predicted octanol–water partition coefficient (Wildman–Crippen LogP) is 11.1. The Morgan fingerprint density at radius 2 is 0.740 bits per heavy atom. The van der Waals surface area contributed by atoms with Crippen molar-refractivity contribution in [1.29, 1.82) is 0 Å². The molecule has 0 saturated carbocycles. The molecule has 0 aliphatic rings. The maximum absolute atomic E-state index is 13.7. The van der Waals surface area contributed by atoms with Crippen molar-refractivity contribution in [2.24, 2.45) is 0 Å². The van der Waals surface area contributed by atoms with Crippen LogP contribution in [0.5, 0.6) is 0 Å². The number of rotatable bonds is 16. The topological polar surface area (TPSA) is 105 Å². The molecule has 0 fully saturated rings. The fraction of sp³-hybridized carbons (Fsp3) is 0.400. The number of fused-ring (bicyclic) bond motifs is 2. The minimum absolute atomic E-state index is 0.235. The normalized spacial score (nSPS) is 11.5. The summed E-state index contributed by atoms with van der Waals surface area (Å²) in [7, 11) is 0.